The lowest BCUT2D eigenvalue weighted by molar-refractivity contribution is -0.116. The summed E-state index contributed by atoms with van der Waals surface area (Å²) >= 11 is 13.9. The molecule has 24 heavy (non-hydrogen) atoms. The summed E-state index contributed by atoms with van der Waals surface area (Å²) < 4.78 is 1.69. The maximum atomic E-state index is 12.1. The van der Waals surface area contributed by atoms with E-state index in [1.165, 1.54) is 5.56 Å². The van der Waals surface area contributed by atoms with Gasteiger partial charge in [-0.15, -0.1) is 0 Å². The van der Waals surface area contributed by atoms with Gasteiger partial charge in [0.15, 0.2) is 0 Å². The summed E-state index contributed by atoms with van der Waals surface area (Å²) in [5.74, 6) is 0.599. The molecule has 0 saturated heterocycles. The number of amides is 1. The summed E-state index contributed by atoms with van der Waals surface area (Å²) in [5.41, 5.74) is 2.02. The molecule has 2 aromatic heterocycles. The molecule has 0 radical (unpaired) electrons. The van der Waals surface area contributed by atoms with Crippen LogP contribution in [0.3, 0.4) is 0 Å². The molecule has 0 bridgehead atoms. The summed E-state index contributed by atoms with van der Waals surface area (Å²) in [4.78, 5) is 12.1. The van der Waals surface area contributed by atoms with Gasteiger partial charge in [0.2, 0.25) is 5.91 Å². The minimum Gasteiger partial charge on any atom is -0.311 e. The number of carbonyl (C=O) groups excluding carboxylic acids is 1. The summed E-state index contributed by atoms with van der Waals surface area (Å²) in [5, 5.41) is 12.2. The van der Waals surface area contributed by atoms with E-state index in [0.29, 0.717) is 28.8 Å². The molecule has 7 heteroatoms. The maximum Gasteiger partial charge on any atom is 0.225 e. The first kappa shape index (κ1) is 17.0. The molecular formula is C17H15Cl2N3OS. The quantitative estimate of drug-likeness (QED) is 0.663. The van der Waals surface area contributed by atoms with E-state index >= 15 is 0 Å². The summed E-state index contributed by atoms with van der Waals surface area (Å²) in [6, 6.07) is 9.26. The molecule has 0 spiro atoms. The SMILES string of the molecule is O=C(CCc1ccsc1)Nc1ccnn1Cc1cccc(Cl)c1Cl. The Balaban J connectivity index is 1.64. The zero-order valence-corrected chi connectivity index (χ0v) is 15.0. The topological polar surface area (TPSA) is 46.9 Å². The van der Waals surface area contributed by atoms with E-state index in [-0.39, 0.29) is 5.91 Å². The van der Waals surface area contributed by atoms with Gasteiger partial charge in [-0.3, -0.25) is 4.79 Å². The third-order valence-electron chi connectivity index (χ3n) is 3.56. The average Bonchev–Trinajstić information content (AvgIpc) is 3.22. The molecule has 0 unspecified atom stereocenters. The second-order valence-electron chi connectivity index (χ2n) is 5.27. The standard InChI is InChI=1S/C17H15Cl2N3OS/c18-14-3-1-2-13(17(14)19)10-22-15(6-8-20-22)21-16(23)5-4-12-7-9-24-11-12/h1-3,6-9,11H,4-5,10H2,(H,21,23). The molecule has 1 amide bonds. The van der Waals surface area contributed by atoms with Gasteiger partial charge in [-0.05, 0) is 40.4 Å². The highest BCUT2D eigenvalue weighted by Gasteiger charge is 2.11. The van der Waals surface area contributed by atoms with Gasteiger partial charge in [0.05, 0.1) is 22.8 Å². The molecule has 0 fully saturated rings. The number of nitrogens with zero attached hydrogens (tertiary/aromatic N) is 2. The first-order valence-electron chi connectivity index (χ1n) is 7.39. The Kier molecular flexibility index (Phi) is 5.56. The van der Waals surface area contributed by atoms with Crippen LogP contribution in [0.2, 0.25) is 10.0 Å². The van der Waals surface area contributed by atoms with Crippen molar-refractivity contribution in [2.24, 2.45) is 0 Å². The lowest BCUT2D eigenvalue weighted by Gasteiger charge is -2.10. The number of rotatable bonds is 6. The lowest BCUT2D eigenvalue weighted by atomic mass is 10.2. The molecule has 0 saturated carbocycles. The van der Waals surface area contributed by atoms with Crippen LogP contribution in [0.5, 0.6) is 0 Å². The molecule has 0 atom stereocenters. The molecule has 3 rings (SSSR count). The van der Waals surface area contributed by atoms with E-state index in [9.17, 15) is 4.79 Å². The van der Waals surface area contributed by atoms with Crippen LogP contribution in [0, 0.1) is 0 Å². The van der Waals surface area contributed by atoms with E-state index in [0.717, 1.165) is 12.0 Å². The molecule has 0 aliphatic heterocycles. The first-order valence-corrected chi connectivity index (χ1v) is 9.09. The Morgan fingerprint density at radius 2 is 2.12 bits per heavy atom. The zero-order valence-electron chi connectivity index (χ0n) is 12.7. The molecular weight excluding hydrogens is 365 g/mol. The van der Waals surface area contributed by atoms with Crippen LogP contribution in [-0.4, -0.2) is 15.7 Å². The fourth-order valence-corrected chi connectivity index (χ4v) is 3.38. The van der Waals surface area contributed by atoms with Crippen molar-refractivity contribution in [2.45, 2.75) is 19.4 Å². The minimum absolute atomic E-state index is 0.0415. The second kappa shape index (κ2) is 7.83. The predicted molar refractivity (Wildman–Crippen MR) is 99.1 cm³/mol. The monoisotopic (exact) mass is 379 g/mol. The van der Waals surface area contributed by atoms with Crippen LogP contribution in [0.1, 0.15) is 17.5 Å². The number of hydrogen-bond acceptors (Lipinski definition) is 3. The molecule has 3 aromatic rings. The van der Waals surface area contributed by atoms with Crippen molar-refractivity contribution in [2.75, 3.05) is 5.32 Å². The average molecular weight is 380 g/mol. The minimum atomic E-state index is -0.0415. The van der Waals surface area contributed by atoms with Crippen LogP contribution in [0.4, 0.5) is 5.82 Å². The van der Waals surface area contributed by atoms with Gasteiger partial charge in [-0.25, -0.2) is 4.68 Å². The molecule has 1 aromatic carbocycles. The number of anilines is 1. The van der Waals surface area contributed by atoms with E-state index in [2.05, 4.69) is 15.8 Å². The first-order chi connectivity index (χ1) is 11.6. The highest BCUT2D eigenvalue weighted by atomic mass is 35.5. The third kappa shape index (κ3) is 4.17. The smallest absolute Gasteiger partial charge is 0.225 e. The second-order valence-corrected chi connectivity index (χ2v) is 6.83. The number of halogens is 2. The number of nitrogens with one attached hydrogen (secondary N) is 1. The number of benzene rings is 1. The third-order valence-corrected chi connectivity index (χ3v) is 5.15. The zero-order chi connectivity index (χ0) is 16.9. The van der Waals surface area contributed by atoms with Crippen molar-refractivity contribution in [1.82, 2.24) is 9.78 Å². The molecule has 2 heterocycles. The van der Waals surface area contributed by atoms with Crippen LogP contribution >= 0.6 is 34.5 Å². The fourth-order valence-electron chi connectivity index (χ4n) is 2.29. The summed E-state index contributed by atoms with van der Waals surface area (Å²) in [7, 11) is 0. The molecule has 124 valence electrons. The molecule has 4 nitrogen and oxygen atoms in total. The van der Waals surface area contributed by atoms with Crippen molar-refractivity contribution in [3.63, 3.8) is 0 Å². The highest BCUT2D eigenvalue weighted by Crippen LogP contribution is 2.26. The Hall–Kier alpha value is -1.82. The summed E-state index contributed by atoms with van der Waals surface area (Å²) in [6.07, 6.45) is 2.80. The van der Waals surface area contributed by atoms with Gasteiger partial charge in [0, 0.05) is 12.5 Å². The van der Waals surface area contributed by atoms with E-state index in [4.69, 9.17) is 23.2 Å². The van der Waals surface area contributed by atoms with E-state index in [1.54, 1.807) is 34.3 Å². The van der Waals surface area contributed by atoms with E-state index in [1.807, 2.05) is 23.6 Å². The van der Waals surface area contributed by atoms with Gasteiger partial charge < -0.3 is 5.32 Å². The molecule has 0 aliphatic carbocycles. The van der Waals surface area contributed by atoms with Gasteiger partial charge in [0.25, 0.3) is 0 Å². The number of aryl methyl sites for hydroxylation is 1. The van der Waals surface area contributed by atoms with Crippen LogP contribution in [0.25, 0.3) is 0 Å². The lowest BCUT2D eigenvalue weighted by Crippen LogP contribution is -2.16. The van der Waals surface area contributed by atoms with Crippen molar-refractivity contribution in [1.29, 1.82) is 0 Å². The van der Waals surface area contributed by atoms with Crippen molar-refractivity contribution >= 4 is 46.3 Å². The van der Waals surface area contributed by atoms with Crippen molar-refractivity contribution < 1.29 is 4.79 Å². The number of carbonyl (C=O) groups is 1. The predicted octanol–water partition coefficient (Wildman–Crippen LogP) is 4.87. The molecule has 1 N–H and O–H groups in total. The number of thiophene rings is 1. The van der Waals surface area contributed by atoms with Crippen molar-refractivity contribution in [3.05, 3.63) is 68.5 Å². The maximum absolute atomic E-state index is 12.1. The van der Waals surface area contributed by atoms with Gasteiger partial charge in [-0.2, -0.15) is 16.4 Å². The van der Waals surface area contributed by atoms with Gasteiger partial charge in [0.1, 0.15) is 5.82 Å². The fraction of sp³-hybridized carbons (Fsp3) is 0.176. The molecule has 0 aliphatic rings. The largest absolute Gasteiger partial charge is 0.311 e. The Labute approximate surface area is 154 Å². The Morgan fingerprint density at radius 3 is 2.92 bits per heavy atom. The van der Waals surface area contributed by atoms with Gasteiger partial charge >= 0.3 is 0 Å². The van der Waals surface area contributed by atoms with E-state index < -0.39 is 0 Å². The van der Waals surface area contributed by atoms with Crippen LogP contribution < -0.4 is 5.32 Å². The Morgan fingerprint density at radius 1 is 1.25 bits per heavy atom. The summed E-state index contributed by atoms with van der Waals surface area (Å²) in [6.45, 7) is 0.437. The normalized spacial score (nSPS) is 10.8. The van der Waals surface area contributed by atoms with Crippen LogP contribution in [0.15, 0.2) is 47.3 Å². The number of aromatic nitrogens is 2. The van der Waals surface area contributed by atoms with Crippen LogP contribution in [-0.2, 0) is 17.8 Å². The number of hydrogen-bond donors (Lipinski definition) is 1. The Bertz CT molecular complexity index is 830. The van der Waals surface area contributed by atoms with Gasteiger partial charge in [-0.1, -0.05) is 35.3 Å². The highest BCUT2D eigenvalue weighted by molar-refractivity contribution is 7.07. The van der Waals surface area contributed by atoms with Crippen molar-refractivity contribution in [3.8, 4) is 0 Å².